The third-order valence-electron chi connectivity index (χ3n) is 2.24. The zero-order valence-corrected chi connectivity index (χ0v) is 8.14. The Morgan fingerprint density at radius 1 is 1.29 bits per heavy atom. The standard InChI is InChI=1S/C12H13NO/c1-9(14)8-12-11-5-3-2-4-10(11)6-7-13-12/h2-7,9,14H,8H2,1H3. The fraction of sp³-hybridized carbons (Fsp3) is 0.250. The summed E-state index contributed by atoms with van der Waals surface area (Å²) in [5.74, 6) is 0. The molecule has 0 aliphatic carbocycles. The summed E-state index contributed by atoms with van der Waals surface area (Å²) in [5, 5.41) is 11.6. The monoisotopic (exact) mass is 187 g/mol. The number of hydrogen-bond donors (Lipinski definition) is 1. The van der Waals surface area contributed by atoms with E-state index in [4.69, 9.17) is 0 Å². The zero-order valence-electron chi connectivity index (χ0n) is 8.14. The fourth-order valence-corrected chi connectivity index (χ4v) is 1.62. The van der Waals surface area contributed by atoms with Crippen molar-refractivity contribution >= 4 is 10.8 Å². The van der Waals surface area contributed by atoms with Crippen molar-refractivity contribution in [2.45, 2.75) is 19.4 Å². The first-order valence-corrected chi connectivity index (χ1v) is 4.78. The fourth-order valence-electron chi connectivity index (χ4n) is 1.62. The maximum absolute atomic E-state index is 9.33. The molecule has 0 bridgehead atoms. The molecular formula is C12H13NO. The number of aliphatic hydroxyl groups is 1. The van der Waals surface area contributed by atoms with Crippen LogP contribution in [0.25, 0.3) is 10.8 Å². The molecule has 0 spiro atoms. The Bertz CT molecular complexity index is 432. The summed E-state index contributed by atoms with van der Waals surface area (Å²) in [4.78, 5) is 4.29. The van der Waals surface area contributed by atoms with Crippen LogP contribution in [-0.2, 0) is 6.42 Å². The predicted molar refractivity (Wildman–Crippen MR) is 57.1 cm³/mol. The SMILES string of the molecule is CC(O)Cc1nccc2ccccc12. The molecule has 0 radical (unpaired) electrons. The Balaban J connectivity index is 2.53. The van der Waals surface area contributed by atoms with E-state index < -0.39 is 0 Å². The summed E-state index contributed by atoms with van der Waals surface area (Å²) in [5.41, 5.74) is 0.970. The lowest BCUT2D eigenvalue weighted by Crippen LogP contribution is -2.06. The van der Waals surface area contributed by atoms with E-state index in [1.54, 1.807) is 13.1 Å². The molecule has 0 aliphatic heterocycles. The Morgan fingerprint density at radius 2 is 2.07 bits per heavy atom. The summed E-state index contributed by atoms with van der Waals surface area (Å²) in [6.45, 7) is 1.78. The molecule has 1 unspecified atom stereocenters. The topological polar surface area (TPSA) is 33.1 Å². The van der Waals surface area contributed by atoms with Gasteiger partial charge in [0.05, 0.1) is 11.8 Å². The molecule has 0 saturated heterocycles. The molecule has 1 aromatic heterocycles. The number of hydrogen-bond acceptors (Lipinski definition) is 2. The Labute approximate surface area is 83.2 Å². The molecule has 1 heterocycles. The van der Waals surface area contributed by atoms with Gasteiger partial charge in [0.15, 0.2) is 0 Å². The largest absolute Gasteiger partial charge is 0.393 e. The van der Waals surface area contributed by atoms with E-state index in [1.165, 1.54) is 5.39 Å². The molecule has 2 nitrogen and oxygen atoms in total. The van der Waals surface area contributed by atoms with Crippen molar-refractivity contribution in [3.8, 4) is 0 Å². The molecule has 0 saturated carbocycles. The van der Waals surface area contributed by atoms with Crippen LogP contribution in [0.2, 0.25) is 0 Å². The zero-order chi connectivity index (χ0) is 9.97. The average Bonchev–Trinajstić information content (AvgIpc) is 2.18. The average molecular weight is 187 g/mol. The van der Waals surface area contributed by atoms with Crippen molar-refractivity contribution in [2.75, 3.05) is 0 Å². The van der Waals surface area contributed by atoms with Crippen molar-refractivity contribution in [2.24, 2.45) is 0 Å². The number of aliphatic hydroxyl groups excluding tert-OH is 1. The van der Waals surface area contributed by atoms with Gasteiger partial charge in [-0.25, -0.2) is 0 Å². The van der Waals surface area contributed by atoms with E-state index in [9.17, 15) is 5.11 Å². The molecule has 2 heteroatoms. The summed E-state index contributed by atoms with van der Waals surface area (Å²) < 4.78 is 0. The molecule has 0 fully saturated rings. The van der Waals surface area contributed by atoms with Crippen LogP contribution >= 0.6 is 0 Å². The van der Waals surface area contributed by atoms with Crippen molar-refractivity contribution in [3.63, 3.8) is 0 Å². The van der Waals surface area contributed by atoms with Crippen LogP contribution in [0.1, 0.15) is 12.6 Å². The van der Waals surface area contributed by atoms with Gasteiger partial charge in [-0.2, -0.15) is 0 Å². The summed E-state index contributed by atoms with van der Waals surface area (Å²) in [7, 11) is 0. The third-order valence-corrected chi connectivity index (χ3v) is 2.24. The van der Waals surface area contributed by atoms with E-state index >= 15 is 0 Å². The van der Waals surface area contributed by atoms with Gasteiger partial charge in [-0.1, -0.05) is 24.3 Å². The van der Waals surface area contributed by atoms with Gasteiger partial charge in [0.1, 0.15) is 0 Å². The van der Waals surface area contributed by atoms with Crippen molar-refractivity contribution in [3.05, 3.63) is 42.2 Å². The molecule has 72 valence electrons. The van der Waals surface area contributed by atoms with Gasteiger partial charge < -0.3 is 5.11 Å². The van der Waals surface area contributed by atoms with Gasteiger partial charge in [0.25, 0.3) is 0 Å². The molecule has 1 atom stereocenters. The van der Waals surface area contributed by atoms with Gasteiger partial charge in [-0.05, 0) is 18.4 Å². The molecule has 2 aromatic rings. The van der Waals surface area contributed by atoms with E-state index in [0.29, 0.717) is 6.42 Å². The number of nitrogens with zero attached hydrogens (tertiary/aromatic N) is 1. The van der Waals surface area contributed by atoms with Gasteiger partial charge in [0, 0.05) is 18.0 Å². The Hall–Kier alpha value is -1.41. The smallest absolute Gasteiger partial charge is 0.0567 e. The van der Waals surface area contributed by atoms with Gasteiger partial charge in [0.2, 0.25) is 0 Å². The number of rotatable bonds is 2. The molecule has 1 N–H and O–H groups in total. The molecule has 1 aromatic carbocycles. The highest BCUT2D eigenvalue weighted by Crippen LogP contribution is 2.17. The van der Waals surface area contributed by atoms with E-state index in [-0.39, 0.29) is 6.10 Å². The second-order valence-corrected chi connectivity index (χ2v) is 3.53. The van der Waals surface area contributed by atoms with Crippen LogP contribution < -0.4 is 0 Å². The van der Waals surface area contributed by atoms with Crippen LogP contribution in [0.5, 0.6) is 0 Å². The minimum absolute atomic E-state index is 0.340. The van der Waals surface area contributed by atoms with Crippen LogP contribution in [-0.4, -0.2) is 16.2 Å². The van der Waals surface area contributed by atoms with Crippen LogP contribution in [0.3, 0.4) is 0 Å². The van der Waals surface area contributed by atoms with E-state index in [2.05, 4.69) is 11.1 Å². The van der Waals surface area contributed by atoms with Crippen LogP contribution in [0.4, 0.5) is 0 Å². The highest BCUT2D eigenvalue weighted by molar-refractivity contribution is 5.84. The maximum atomic E-state index is 9.33. The quantitative estimate of drug-likeness (QED) is 0.781. The first kappa shape index (κ1) is 9.16. The number of benzene rings is 1. The predicted octanol–water partition coefficient (Wildman–Crippen LogP) is 2.16. The Morgan fingerprint density at radius 3 is 2.86 bits per heavy atom. The number of pyridine rings is 1. The van der Waals surface area contributed by atoms with Crippen molar-refractivity contribution < 1.29 is 5.11 Å². The normalized spacial score (nSPS) is 13.0. The second kappa shape index (κ2) is 3.76. The lowest BCUT2D eigenvalue weighted by molar-refractivity contribution is 0.194. The summed E-state index contributed by atoms with van der Waals surface area (Å²) in [6.07, 6.45) is 2.06. The molecule has 2 rings (SSSR count). The Kier molecular flexibility index (Phi) is 2.46. The third kappa shape index (κ3) is 1.75. The van der Waals surface area contributed by atoms with E-state index in [1.807, 2.05) is 24.3 Å². The minimum atomic E-state index is -0.340. The number of aromatic nitrogens is 1. The first-order valence-electron chi connectivity index (χ1n) is 4.78. The molecule has 0 aliphatic rings. The molecule has 14 heavy (non-hydrogen) atoms. The first-order chi connectivity index (χ1) is 6.77. The number of fused-ring (bicyclic) bond motifs is 1. The lowest BCUT2D eigenvalue weighted by Gasteiger charge is -2.06. The van der Waals surface area contributed by atoms with Gasteiger partial charge >= 0.3 is 0 Å². The summed E-state index contributed by atoms with van der Waals surface area (Å²) in [6, 6.07) is 10.1. The van der Waals surface area contributed by atoms with E-state index in [0.717, 1.165) is 11.1 Å². The van der Waals surface area contributed by atoms with Gasteiger partial charge in [-0.15, -0.1) is 0 Å². The maximum Gasteiger partial charge on any atom is 0.0567 e. The van der Waals surface area contributed by atoms with Crippen LogP contribution in [0, 0.1) is 0 Å². The summed E-state index contributed by atoms with van der Waals surface area (Å²) >= 11 is 0. The lowest BCUT2D eigenvalue weighted by atomic mass is 10.1. The molecular weight excluding hydrogens is 174 g/mol. The highest BCUT2D eigenvalue weighted by atomic mass is 16.3. The second-order valence-electron chi connectivity index (χ2n) is 3.53. The van der Waals surface area contributed by atoms with Gasteiger partial charge in [-0.3, -0.25) is 4.98 Å². The molecule has 0 amide bonds. The minimum Gasteiger partial charge on any atom is -0.393 e. The van der Waals surface area contributed by atoms with Crippen molar-refractivity contribution in [1.29, 1.82) is 0 Å². The van der Waals surface area contributed by atoms with Crippen molar-refractivity contribution in [1.82, 2.24) is 4.98 Å². The van der Waals surface area contributed by atoms with Crippen LogP contribution in [0.15, 0.2) is 36.5 Å². The highest BCUT2D eigenvalue weighted by Gasteiger charge is 2.04.